The lowest BCUT2D eigenvalue weighted by Crippen LogP contribution is -2.48. The maximum Gasteiger partial charge on any atom is 0.227 e. The Bertz CT molecular complexity index is 592. The number of rotatable bonds is 3. The van der Waals surface area contributed by atoms with Crippen LogP contribution in [0, 0.1) is 11.3 Å². The van der Waals surface area contributed by atoms with Crippen LogP contribution in [0.15, 0.2) is 28.7 Å². The number of carbonyl (C=O) groups is 2. The molecule has 24 heavy (non-hydrogen) atoms. The van der Waals surface area contributed by atoms with Gasteiger partial charge in [0.05, 0.1) is 5.92 Å². The molecule has 1 heterocycles. The summed E-state index contributed by atoms with van der Waals surface area (Å²) in [6, 6.07) is 8.00. The molecule has 0 spiro atoms. The summed E-state index contributed by atoms with van der Waals surface area (Å²) in [5.74, 6) is 0.172. The number of nitrogens with zero attached hydrogens (tertiary/aromatic N) is 2. The van der Waals surface area contributed by atoms with Gasteiger partial charge in [0.2, 0.25) is 11.8 Å². The molecular weight excluding hydrogens is 368 g/mol. The Hall–Kier alpha value is -1.36. The van der Waals surface area contributed by atoms with Crippen molar-refractivity contribution in [1.29, 1.82) is 0 Å². The third-order valence-electron chi connectivity index (χ3n) is 4.41. The van der Waals surface area contributed by atoms with Crippen LogP contribution in [0.4, 0.5) is 0 Å². The van der Waals surface area contributed by atoms with Crippen molar-refractivity contribution < 1.29 is 9.59 Å². The normalized spacial score (nSPS) is 18.4. The van der Waals surface area contributed by atoms with E-state index in [0.29, 0.717) is 13.1 Å². The van der Waals surface area contributed by atoms with Gasteiger partial charge in [0.25, 0.3) is 0 Å². The van der Waals surface area contributed by atoms with Gasteiger partial charge >= 0.3 is 0 Å². The molecule has 0 radical (unpaired) electrons. The zero-order valence-electron chi connectivity index (χ0n) is 15.0. The highest BCUT2D eigenvalue weighted by Crippen LogP contribution is 2.25. The van der Waals surface area contributed by atoms with E-state index in [9.17, 15) is 9.59 Å². The Morgan fingerprint density at radius 3 is 2.46 bits per heavy atom. The molecular formula is C19H27BrN2O2. The summed E-state index contributed by atoms with van der Waals surface area (Å²) >= 11 is 3.42. The van der Waals surface area contributed by atoms with Crippen LogP contribution in [0.5, 0.6) is 0 Å². The molecule has 0 aromatic heterocycles. The lowest BCUT2D eigenvalue weighted by Gasteiger charge is -2.37. The Kier molecular flexibility index (Phi) is 6.07. The van der Waals surface area contributed by atoms with Gasteiger partial charge in [-0.2, -0.15) is 0 Å². The summed E-state index contributed by atoms with van der Waals surface area (Å²) < 4.78 is 1.03. The van der Waals surface area contributed by atoms with E-state index in [-0.39, 0.29) is 17.7 Å². The molecule has 132 valence electrons. The number of hydrogen-bond acceptors (Lipinski definition) is 2. The Morgan fingerprint density at radius 2 is 1.88 bits per heavy atom. The molecule has 0 bridgehead atoms. The van der Waals surface area contributed by atoms with Crippen LogP contribution in [-0.2, 0) is 16.1 Å². The molecule has 1 atom stereocenters. The number of hydrogen-bond donors (Lipinski definition) is 0. The van der Waals surface area contributed by atoms with Crippen molar-refractivity contribution in [1.82, 2.24) is 9.80 Å². The first-order chi connectivity index (χ1) is 11.2. The summed E-state index contributed by atoms with van der Waals surface area (Å²) in [5.41, 5.74) is 0.710. The molecule has 4 nitrogen and oxygen atoms in total. The highest BCUT2D eigenvalue weighted by Gasteiger charge is 2.34. The average molecular weight is 395 g/mol. The Labute approximate surface area is 153 Å². The van der Waals surface area contributed by atoms with Gasteiger partial charge in [-0.15, -0.1) is 0 Å². The number of amides is 2. The largest absolute Gasteiger partial charge is 0.341 e. The smallest absolute Gasteiger partial charge is 0.227 e. The Balaban J connectivity index is 1.98. The van der Waals surface area contributed by atoms with Crippen molar-refractivity contribution in [3.63, 3.8) is 0 Å². The molecule has 5 heteroatoms. The minimum Gasteiger partial charge on any atom is -0.341 e. The second-order valence-corrected chi connectivity index (χ2v) is 8.58. The van der Waals surface area contributed by atoms with Crippen LogP contribution < -0.4 is 0 Å². The lowest BCUT2D eigenvalue weighted by molar-refractivity contribution is -0.145. The second-order valence-electron chi connectivity index (χ2n) is 7.66. The molecule has 1 aliphatic heterocycles. The highest BCUT2D eigenvalue weighted by molar-refractivity contribution is 9.10. The van der Waals surface area contributed by atoms with Crippen LogP contribution in [0.1, 0.15) is 39.2 Å². The van der Waals surface area contributed by atoms with Crippen LogP contribution in [0.2, 0.25) is 0 Å². The van der Waals surface area contributed by atoms with Gasteiger partial charge in [-0.1, -0.05) is 48.8 Å². The van der Waals surface area contributed by atoms with E-state index in [1.54, 1.807) is 4.90 Å². The first kappa shape index (κ1) is 19.0. The molecule has 1 unspecified atom stereocenters. The van der Waals surface area contributed by atoms with E-state index in [2.05, 4.69) is 15.9 Å². The summed E-state index contributed by atoms with van der Waals surface area (Å²) in [6.45, 7) is 7.69. The van der Waals surface area contributed by atoms with E-state index in [0.717, 1.165) is 29.4 Å². The van der Waals surface area contributed by atoms with Crippen LogP contribution in [0.3, 0.4) is 0 Å². The van der Waals surface area contributed by atoms with Crippen LogP contribution in [-0.4, -0.2) is 41.8 Å². The first-order valence-corrected chi connectivity index (χ1v) is 9.26. The molecule has 0 aliphatic carbocycles. The van der Waals surface area contributed by atoms with Gasteiger partial charge in [0.1, 0.15) is 0 Å². The third kappa shape index (κ3) is 4.82. The molecule has 1 saturated heterocycles. The molecule has 1 aromatic carbocycles. The van der Waals surface area contributed by atoms with Crippen molar-refractivity contribution in [2.24, 2.45) is 11.3 Å². The lowest BCUT2D eigenvalue weighted by atomic mass is 9.90. The monoisotopic (exact) mass is 394 g/mol. The molecule has 0 saturated carbocycles. The van der Waals surface area contributed by atoms with E-state index in [1.807, 2.05) is 57.0 Å². The van der Waals surface area contributed by atoms with Crippen molar-refractivity contribution in [2.75, 3.05) is 20.1 Å². The van der Waals surface area contributed by atoms with E-state index < -0.39 is 5.41 Å². The van der Waals surface area contributed by atoms with Crippen molar-refractivity contribution in [2.45, 2.75) is 40.2 Å². The average Bonchev–Trinajstić information content (AvgIpc) is 2.54. The van der Waals surface area contributed by atoms with E-state index in [1.165, 1.54) is 0 Å². The maximum atomic E-state index is 12.8. The fraction of sp³-hybridized carbons (Fsp3) is 0.579. The number of benzene rings is 1. The zero-order chi connectivity index (χ0) is 17.9. The molecule has 1 aliphatic rings. The molecule has 2 amide bonds. The zero-order valence-corrected chi connectivity index (χ0v) is 16.6. The summed E-state index contributed by atoms with van der Waals surface area (Å²) in [4.78, 5) is 28.9. The third-order valence-corrected chi connectivity index (χ3v) is 4.94. The number of carbonyl (C=O) groups excluding carboxylic acids is 2. The van der Waals surface area contributed by atoms with Crippen molar-refractivity contribution in [3.8, 4) is 0 Å². The van der Waals surface area contributed by atoms with Gasteiger partial charge in [0.15, 0.2) is 0 Å². The molecule has 1 fully saturated rings. The van der Waals surface area contributed by atoms with Gasteiger partial charge in [0, 0.05) is 36.6 Å². The van der Waals surface area contributed by atoms with Crippen molar-refractivity contribution in [3.05, 3.63) is 34.3 Å². The van der Waals surface area contributed by atoms with Gasteiger partial charge in [-0.25, -0.2) is 0 Å². The Morgan fingerprint density at radius 1 is 1.25 bits per heavy atom. The maximum absolute atomic E-state index is 12.8. The summed E-state index contributed by atoms with van der Waals surface area (Å²) in [7, 11) is 1.84. The highest BCUT2D eigenvalue weighted by atomic mass is 79.9. The first-order valence-electron chi connectivity index (χ1n) is 8.47. The minimum atomic E-state index is -0.395. The predicted molar refractivity (Wildman–Crippen MR) is 99.4 cm³/mol. The second kappa shape index (κ2) is 7.68. The minimum absolute atomic E-state index is 0.0921. The standard InChI is InChI=1S/C19H27BrN2O2/c1-19(2,3)18(24)22-11-5-6-15(13-22)17(23)21(4)12-14-7-9-16(20)10-8-14/h7-10,15H,5-6,11-13H2,1-4H3. The van der Waals surface area contributed by atoms with Crippen LogP contribution in [0.25, 0.3) is 0 Å². The van der Waals surface area contributed by atoms with Gasteiger partial charge < -0.3 is 9.80 Å². The van der Waals surface area contributed by atoms with Crippen LogP contribution >= 0.6 is 15.9 Å². The van der Waals surface area contributed by atoms with Crippen molar-refractivity contribution >= 4 is 27.7 Å². The topological polar surface area (TPSA) is 40.6 Å². The number of likely N-dealkylation sites (tertiary alicyclic amines) is 1. The van der Waals surface area contributed by atoms with Gasteiger partial charge in [-0.3, -0.25) is 9.59 Å². The fourth-order valence-corrected chi connectivity index (χ4v) is 3.36. The predicted octanol–water partition coefficient (Wildman–Crippen LogP) is 3.69. The summed E-state index contributed by atoms with van der Waals surface area (Å²) in [6.07, 6.45) is 1.75. The van der Waals surface area contributed by atoms with Gasteiger partial charge in [-0.05, 0) is 30.5 Å². The molecule has 0 N–H and O–H groups in total. The van der Waals surface area contributed by atoms with E-state index >= 15 is 0 Å². The fourth-order valence-electron chi connectivity index (χ4n) is 3.09. The summed E-state index contributed by atoms with van der Waals surface area (Å²) in [5, 5.41) is 0. The van der Waals surface area contributed by atoms with E-state index in [4.69, 9.17) is 0 Å². The number of halogens is 1. The number of piperidine rings is 1. The SMILES string of the molecule is CN(Cc1ccc(Br)cc1)C(=O)C1CCCN(C(=O)C(C)(C)C)C1. The molecule has 1 aromatic rings. The molecule has 2 rings (SSSR count). The quantitative estimate of drug-likeness (QED) is 0.783.